The SMILES string of the molecule is CCC1(c2ccc(NC(=O)C3CCN(C(=O)/C=C/c4ccccc4)CC3)cc2)CCC(=O)NC1=O. The number of likely N-dealkylation sites (tertiary alicyclic amines) is 1. The van der Waals surface area contributed by atoms with E-state index in [9.17, 15) is 19.2 Å². The van der Waals surface area contributed by atoms with Gasteiger partial charge in [0.15, 0.2) is 0 Å². The first-order valence-corrected chi connectivity index (χ1v) is 12.2. The van der Waals surface area contributed by atoms with E-state index in [1.165, 1.54) is 0 Å². The van der Waals surface area contributed by atoms with Gasteiger partial charge in [-0.15, -0.1) is 0 Å². The van der Waals surface area contributed by atoms with E-state index < -0.39 is 5.41 Å². The summed E-state index contributed by atoms with van der Waals surface area (Å²) in [5, 5.41) is 5.43. The molecule has 7 nitrogen and oxygen atoms in total. The van der Waals surface area contributed by atoms with Gasteiger partial charge in [-0.2, -0.15) is 0 Å². The van der Waals surface area contributed by atoms with Crippen LogP contribution in [-0.4, -0.2) is 41.6 Å². The van der Waals surface area contributed by atoms with Crippen LogP contribution in [0.2, 0.25) is 0 Å². The third-order valence-corrected chi connectivity index (χ3v) is 7.17. The molecule has 35 heavy (non-hydrogen) atoms. The molecule has 0 aromatic heterocycles. The fourth-order valence-electron chi connectivity index (χ4n) is 4.88. The highest BCUT2D eigenvalue weighted by Crippen LogP contribution is 2.36. The van der Waals surface area contributed by atoms with Gasteiger partial charge in [-0.3, -0.25) is 24.5 Å². The van der Waals surface area contributed by atoms with Gasteiger partial charge in [-0.1, -0.05) is 49.4 Å². The van der Waals surface area contributed by atoms with Crippen molar-refractivity contribution >= 4 is 35.4 Å². The van der Waals surface area contributed by atoms with Crippen molar-refractivity contribution in [2.24, 2.45) is 5.92 Å². The molecule has 4 amide bonds. The number of amides is 4. The van der Waals surface area contributed by atoms with Crippen molar-refractivity contribution in [3.8, 4) is 0 Å². The Morgan fingerprint density at radius 1 is 1.06 bits per heavy atom. The second kappa shape index (κ2) is 10.7. The lowest BCUT2D eigenvalue weighted by Crippen LogP contribution is -2.51. The van der Waals surface area contributed by atoms with Gasteiger partial charge >= 0.3 is 0 Å². The minimum absolute atomic E-state index is 0.0402. The largest absolute Gasteiger partial charge is 0.339 e. The maximum Gasteiger partial charge on any atom is 0.246 e. The van der Waals surface area contributed by atoms with E-state index >= 15 is 0 Å². The first kappa shape index (κ1) is 24.4. The summed E-state index contributed by atoms with van der Waals surface area (Å²) in [5.41, 5.74) is 1.77. The lowest BCUT2D eigenvalue weighted by Gasteiger charge is -2.35. The van der Waals surface area contributed by atoms with Crippen molar-refractivity contribution in [3.05, 3.63) is 71.8 Å². The fourth-order valence-corrected chi connectivity index (χ4v) is 4.88. The zero-order valence-corrected chi connectivity index (χ0v) is 20.0. The van der Waals surface area contributed by atoms with Gasteiger partial charge in [0.1, 0.15) is 0 Å². The Morgan fingerprint density at radius 3 is 2.37 bits per heavy atom. The van der Waals surface area contributed by atoms with Gasteiger partial charge < -0.3 is 10.2 Å². The number of nitrogens with zero attached hydrogens (tertiary/aromatic N) is 1. The Labute approximate surface area is 205 Å². The van der Waals surface area contributed by atoms with Gasteiger partial charge in [0, 0.05) is 37.2 Å². The summed E-state index contributed by atoms with van der Waals surface area (Å²) in [6.07, 6.45) is 6.02. The topological polar surface area (TPSA) is 95.6 Å². The van der Waals surface area contributed by atoms with E-state index in [4.69, 9.17) is 0 Å². The number of carbonyl (C=O) groups is 4. The van der Waals surface area contributed by atoms with E-state index in [2.05, 4.69) is 10.6 Å². The molecular formula is C28H31N3O4. The molecule has 0 saturated carbocycles. The average molecular weight is 474 g/mol. The van der Waals surface area contributed by atoms with E-state index in [0.717, 1.165) is 11.1 Å². The number of anilines is 1. The van der Waals surface area contributed by atoms with Crippen LogP contribution in [0.1, 0.15) is 50.2 Å². The summed E-state index contributed by atoms with van der Waals surface area (Å²) in [4.78, 5) is 51.2. The first-order valence-electron chi connectivity index (χ1n) is 12.2. The molecule has 2 aromatic carbocycles. The van der Waals surface area contributed by atoms with E-state index in [-0.39, 0.29) is 29.5 Å². The smallest absolute Gasteiger partial charge is 0.246 e. The lowest BCUT2D eigenvalue weighted by molar-refractivity contribution is -0.138. The molecule has 2 heterocycles. The average Bonchev–Trinajstić information content (AvgIpc) is 2.89. The highest BCUT2D eigenvalue weighted by atomic mass is 16.2. The highest BCUT2D eigenvalue weighted by Gasteiger charge is 2.42. The zero-order chi connectivity index (χ0) is 24.8. The second-order valence-corrected chi connectivity index (χ2v) is 9.22. The summed E-state index contributed by atoms with van der Waals surface area (Å²) in [6.45, 7) is 3.03. The third-order valence-electron chi connectivity index (χ3n) is 7.17. The number of hydrogen-bond donors (Lipinski definition) is 2. The van der Waals surface area contributed by atoms with Crippen molar-refractivity contribution in [1.82, 2.24) is 10.2 Å². The van der Waals surface area contributed by atoms with Gasteiger partial charge in [-0.25, -0.2) is 0 Å². The second-order valence-electron chi connectivity index (χ2n) is 9.22. The summed E-state index contributed by atoms with van der Waals surface area (Å²) in [6, 6.07) is 17.0. The predicted octanol–water partition coefficient (Wildman–Crippen LogP) is 3.66. The van der Waals surface area contributed by atoms with Crippen molar-refractivity contribution in [3.63, 3.8) is 0 Å². The molecule has 0 bridgehead atoms. The van der Waals surface area contributed by atoms with Crippen LogP contribution in [0.25, 0.3) is 6.08 Å². The molecule has 2 aromatic rings. The third kappa shape index (κ3) is 5.50. The Bertz CT molecular complexity index is 1120. The molecule has 2 fully saturated rings. The molecule has 2 saturated heterocycles. The number of rotatable bonds is 6. The van der Waals surface area contributed by atoms with Crippen LogP contribution in [0.15, 0.2) is 60.7 Å². The highest BCUT2D eigenvalue weighted by molar-refractivity contribution is 6.03. The van der Waals surface area contributed by atoms with Gasteiger partial charge in [0.25, 0.3) is 0 Å². The molecule has 1 unspecified atom stereocenters. The maximum atomic E-state index is 12.8. The van der Waals surface area contributed by atoms with Crippen LogP contribution < -0.4 is 10.6 Å². The summed E-state index contributed by atoms with van der Waals surface area (Å²) in [5.74, 6) is -0.748. The number of imide groups is 1. The molecule has 1 atom stereocenters. The number of benzene rings is 2. The molecule has 182 valence electrons. The fraction of sp³-hybridized carbons (Fsp3) is 0.357. The van der Waals surface area contributed by atoms with Gasteiger partial charge in [-0.05, 0) is 55.0 Å². The predicted molar refractivity (Wildman–Crippen MR) is 134 cm³/mol. The summed E-state index contributed by atoms with van der Waals surface area (Å²) in [7, 11) is 0. The van der Waals surface area contributed by atoms with Crippen LogP contribution in [-0.2, 0) is 24.6 Å². The lowest BCUT2D eigenvalue weighted by atomic mass is 9.72. The Morgan fingerprint density at radius 2 is 1.74 bits per heavy atom. The maximum absolute atomic E-state index is 12.8. The molecule has 2 aliphatic rings. The van der Waals surface area contributed by atoms with Crippen molar-refractivity contribution in [1.29, 1.82) is 0 Å². The molecule has 7 heteroatoms. The summed E-state index contributed by atoms with van der Waals surface area (Å²) < 4.78 is 0. The van der Waals surface area contributed by atoms with Crippen molar-refractivity contribution in [2.75, 3.05) is 18.4 Å². The van der Waals surface area contributed by atoms with E-state index in [1.54, 1.807) is 23.1 Å². The Balaban J connectivity index is 1.30. The molecule has 2 aliphatic heterocycles. The Kier molecular flexibility index (Phi) is 7.44. The van der Waals surface area contributed by atoms with E-state index in [0.29, 0.717) is 50.9 Å². The Hall–Kier alpha value is -3.74. The molecule has 0 radical (unpaired) electrons. The number of nitrogens with one attached hydrogen (secondary N) is 2. The minimum atomic E-state index is -0.717. The van der Waals surface area contributed by atoms with Crippen molar-refractivity contribution < 1.29 is 19.2 Å². The standard InChI is InChI=1S/C28H31N3O4/c1-2-28(17-14-24(32)30-27(28)35)22-9-11-23(12-10-22)29-26(34)21-15-18-31(19-16-21)25(33)13-8-20-6-4-3-5-7-20/h3-13,21H,2,14-19H2,1H3,(H,29,34)(H,30,32,35)/b13-8+. The monoisotopic (exact) mass is 473 g/mol. The van der Waals surface area contributed by atoms with Gasteiger partial charge in [0.05, 0.1) is 5.41 Å². The zero-order valence-electron chi connectivity index (χ0n) is 20.0. The number of hydrogen-bond acceptors (Lipinski definition) is 4. The molecule has 2 N–H and O–H groups in total. The number of carbonyl (C=O) groups excluding carboxylic acids is 4. The van der Waals surface area contributed by atoms with Gasteiger partial charge in [0.2, 0.25) is 23.6 Å². The van der Waals surface area contributed by atoms with Crippen LogP contribution in [0, 0.1) is 5.92 Å². The molecule has 0 spiro atoms. The molecular weight excluding hydrogens is 442 g/mol. The molecule has 0 aliphatic carbocycles. The van der Waals surface area contributed by atoms with E-state index in [1.807, 2.05) is 55.5 Å². The minimum Gasteiger partial charge on any atom is -0.339 e. The molecule has 4 rings (SSSR count). The first-order chi connectivity index (χ1) is 16.9. The van der Waals surface area contributed by atoms with Crippen LogP contribution in [0.5, 0.6) is 0 Å². The van der Waals surface area contributed by atoms with Crippen LogP contribution in [0.3, 0.4) is 0 Å². The summed E-state index contributed by atoms with van der Waals surface area (Å²) >= 11 is 0. The number of piperidine rings is 2. The quantitative estimate of drug-likeness (QED) is 0.494. The van der Waals surface area contributed by atoms with Crippen LogP contribution >= 0.6 is 0 Å². The normalized spacial score (nSPS) is 21.1. The van der Waals surface area contributed by atoms with Crippen LogP contribution in [0.4, 0.5) is 5.69 Å². The van der Waals surface area contributed by atoms with Crippen molar-refractivity contribution in [2.45, 2.75) is 44.4 Å².